The molecule has 2 aromatic heterocycles. The lowest BCUT2D eigenvalue weighted by Crippen LogP contribution is -2.45. The van der Waals surface area contributed by atoms with Crippen LogP contribution in [0.4, 0.5) is 10.3 Å². The Hall–Kier alpha value is -3.24. The highest BCUT2D eigenvalue weighted by Crippen LogP contribution is 2.25. The average Bonchev–Trinajstić information content (AvgIpc) is 3.31. The molecule has 1 aliphatic rings. The third-order valence-electron chi connectivity index (χ3n) is 5.36. The zero-order chi connectivity index (χ0) is 22.7. The Bertz CT molecular complexity index is 1140. The van der Waals surface area contributed by atoms with Gasteiger partial charge in [0.2, 0.25) is 0 Å². The predicted octanol–water partition coefficient (Wildman–Crippen LogP) is 2.97. The molecular formula is C22H28FN7O2. The van der Waals surface area contributed by atoms with Gasteiger partial charge < -0.3 is 29.8 Å². The van der Waals surface area contributed by atoms with Gasteiger partial charge in [-0.1, -0.05) is 5.16 Å². The fourth-order valence-electron chi connectivity index (χ4n) is 3.62. The normalized spacial score (nSPS) is 16.8. The number of amidine groups is 2. The van der Waals surface area contributed by atoms with Gasteiger partial charge in [-0.15, -0.1) is 0 Å². The topological polar surface area (TPSA) is 108 Å². The Labute approximate surface area is 185 Å². The highest BCUT2D eigenvalue weighted by molar-refractivity contribution is 5.95. The van der Waals surface area contributed by atoms with Crippen LogP contribution in [-0.4, -0.2) is 71.6 Å². The van der Waals surface area contributed by atoms with Crippen LogP contribution < -0.4 is 10.5 Å². The van der Waals surface area contributed by atoms with Crippen molar-refractivity contribution in [3.05, 3.63) is 41.5 Å². The van der Waals surface area contributed by atoms with Crippen LogP contribution in [0.15, 0.2) is 38.8 Å². The van der Waals surface area contributed by atoms with E-state index in [1.54, 1.807) is 12.1 Å². The standard InChI is InChI=1S/C22H28FN7O2/c1-14-10-16-12-19(17(23)13-18(16)25-14)31-22(24)27-20(26-21-11-15(2)28-32-21)4-5-30-8-6-29(3)7-9-30/h10-13,25H,4-9H2,1-3H3,(H2,24,26,27). The Morgan fingerprint density at radius 2 is 2.00 bits per heavy atom. The first-order chi connectivity index (χ1) is 15.4. The van der Waals surface area contributed by atoms with Crippen LogP contribution in [-0.2, 0) is 0 Å². The monoisotopic (exact) mass is 441 g/mol. The third-order valence-corrected chi connectivity index (χ3v) is 5.36. The van der Waals surface area contributed by atoms with E-state index in [1.807, 2.05) is 19.9 Å². The molecule has 3 N–H and O–H groups in total. The van der Waals surface area contributed by atoms with Gasteiger partial charge in [0.1, 0.15) is 5.84 Å². The zero-order valence-electron chi connectivity index (χ0n) is 18.6. The maximum Gasteiger partial charge on any atom is 0.294 e. The van der Waals surface area contributed by atoms with Gasteiger partial charge in [0.15, 0.2) is 11.6 Å². The number of hydrogen-bond donors (Lipinski definition) is 2. The third kappa shape index (κ3) is 5.51. The predicted molar refractivity (Wildman–Crippen MR) is 122 cm³/mol. The van der Waals surface area contributed by atoms with Crippen LogP contribution in [0.5, 0.6) is 5.75 Å². The molecule has 0 bridgehead atoms. The number of ether oxygens (including phenoxy) is 1. The Balaban J connectivity index is 1.52. The van der Waals surface area contributed by atoms with Gasteiger partial charge in [-0.05, 0) is 33.0 Å². The van der Waals surface area contributed by atoms with Crippen LogP contribution >= 0.6 is 0 Å². The molecule has 0 aliphatic carbocycles. The smallest absolute Gasteiger partial charge is 0.294 e. The van der Waals surface area contributed by atoms with Crippen molar-refractivity contribution in [3.8, 4) is 5.75 Å². The average molecular weight is 442 g/mol. The van der Waals surface area contributed by atoms with Crippen molar-refractivity contribution >= 4 is 28.6 Å². The summed E-state index contributed by atoms with van der Waals surface area (Å²) in [6.45, 7) is 8.46. The summed E-state index contributed by atoms with van der Waals surface area (Å²) < 4.78 is 25.2. The number of H-pyrrole nitrogens is 1. The number of nitrogens with one attached hydrogen (secondary N) is 1. The second kappa shape index (κ2) is 9.49. The van der Waals surface area contributed by atoms with Gasteiger partial charge in [0.25, 0.3) is 11.9 Å². The SMILES string of the molecule is Cc1cc(N=C(CCN2CCN(C)CC2)N=C(N)Oc2cc3cc(C)[nH]c3cc2F)on1. The van der Waals surface area contributed by atoms with Crippen molar-refractivity contribution in [2.45, 2.75) is 20.3 Å². The quantitative estimate of drug-likeness (QED) is 0.466. The number of nitrogens with zero attached hydrogens (tertiary/aromatic N) is 5. The molecule has 0 atom stereocenters. The number of likely N-dealkylation sites (N-methyl/N-ethyl adjacent to an activating group) is 1. The second-order valence-corrected chi connectivity index (χ2v) is 8.10. The van der Waals surface area contributed by atoms with Gasteiger partial charge in [-0.25, -0.2) is 4.39 Å². The molecule has 1 aromatic carbocycles. The van der Waals surface area contributed by atoms with Gasteiger partial charge in [-0.3, -0.25) is 0 Å². The van der Waals surface area contributed by atoms with Crippen LogP contribution in [0.2, 0.25) is 0 Å². The summed E-state index contributed by atoms with van der Waals surface area (Å²) in [7, 11) is 2.12. The minimum Gasteiger partial charge on any atom is -0.423 e. The molecule has 10 heteroatoms. The number of halogens is 1. The molecule has 9 nitrogen and oxygen atoms in total. The Kier molecular flexibility index (Phi) is 6.52. The van der Waals surface area contributed by atoms with Crippen molar-refractivity contribution in [1.82, 2.24) is 19.9 Å². The van der Waals surface area contributed by atoms with E-state index in [9.17, 15) is 4.39 Å². The van der Waals surface area contributed by atoms with E-state index in [-0.39, 0.29) is 11.8 Å². The molecule has 1 aliphatic heterocycles. The van der Waals surface area contributed by atoms with E-state index >= 15 is 0 Å². The first-order valence-corrected chi connectivity index (χ1v) is 10.6. The van der Waals surface area contributed by atoms with Crippen molar-refractivity contribution in [2.75, 3.05) is 39.8 Å². The van der Waals surface area contributed by atoms with Gasteiger partial charge >= 0.3 is 0 Å². The van der Waals surface area contributed by atoms with Crippen molar-refractivity contribution < 1.29 is 13.7 Å². The molecule has 1 saturated heterocycles. The zero-order valence-corrected chi connectivity index (χ0v) is 18.6. The van der Waals surface area contributed by atoms with E-state index in [4.69, 9.17) is 15.0 Å². The number of nitrogens with two attached hydrogens (primary N) is 1. The Morgan fingerprint density at radius 1 is 1.22 bits per heavy atom. The molecule has 3 heterocycles. The lowest BCUT2D eigenvalue weighted by molar-refractivity contribution is 0.157. The number of aromatic nitrogens is 2. The number of aromatic amines is 1. The molecule has 0 saturated carbocycles. The summed E-state index contributed by atoms with van der Waals surface area (Å²) in [6, 6.07) is 6.40. The Morgan fingerprint density at radius 3 is 2.72 bits per heavy atom. The van der Waals surface area contributed by atoms with E-state index in [0.29, 0.717) is 29.4 Å². The molecule has 0 amide bonds. The fraction of sp³-hybridized carbons (Fsp3) is 0.409. The highest BCUT2D eigenvalue weighted by Gasteiger charge is 2.15. The van der Waals surface area contributed by atoms with Gasteiger partial charge in [-0.2, -0.15) is 9.98 Å². The molecule has 4 rings (SSSR count). The first kappa shape index (κ1) is 22.0. The number of rotatable bonds is 5. The summed E-state index contributed by atoms with van der Waals surface area (Å²) in [4.78, 5) is 16.5. The fourth-order valence-corrected chi connectivity index (χ4v) is 3.62. The number of fused-ring (bicyclic) bond motifs is 1. The number of hydrogen-bond acceptors (Lipinski definition) is 6. The maximum atomic E-state index is 14.5. The summed E-state index contributed by atoms with van der Waals surface area (Å²) >= 11 is 0. The van der Waals surface area contributed by atoms with E-state index < -0.39 is 5.82 Å². The van der Waals surface area contributed by atoms with E-state index in [2.05, 4.69) is 37.0 Å². The number of aliphatic imine (C=N–C) groups is 2. The molecule has 170 valence electrons. The van der Waals surface area contributed by atoms with Crippen LogP contribution in [0.1, 0.15) is 17.8 Å². The lowest BCUT2D eigenvalue weighted by Gasteiger charge is -2.32. The largest absolute Gasteiger partial charge is 0.423 e. The van der Waals surface area contributed by atoms with Crippen molar-refractivity contribution in [1.29, 1.82) is 0 Å². The van der Waals surface area contributed by atoms with Gasteiger partial charge in [0, 0.05) is 67.9 Å². The van der Waals surface area contributed by atoms with E-state index in [0.717, 1.165) is 43.8 Å². The number of aryl methyl sites for hydroxylation is 2. The molecule has 0 unspecified atom stereocenters. The minimum absolute atomic E-state index is 0.00618. The molecule has 32 heavy (non-hydrogen) atoms. The minimum atomic E-state index is -0.528. The summed E-state index contributed by atoms with van der Waals surface area (Å²) in [5, 5.41) is 4.68. The summed E-state index contributed by atoms with van der Waals surface area (Å²) in [6.07, 6.45) is 0.534. The summed E-state index contributed by atoms with van der Waals surface area (Å²) in [5.74, 6) is 0.241. The lowest BCUT2D eigenvalue weighted by atomic mass is 10.2. The highest BCUT2D eigenvalue weighted by atomic mass is 19.1. The molecule has 0 radical (unpaired) electrons. The van der Waals surface area contributed by atoms with Crippen LogP contribution in [0.25, 0.3) is 10.9 Å². The molecule has 3 aromatic rings. The van der Waals surface area contributed by atoms with Crippen LogP contribution in [0.3, 0.4) is 0 Å². The van der Waals surface area contributed by atoms with Crippen LogP contribution in [0, 0.1) is 19.7 Å². The summed E-state index contributed by atoms with van der Waals surface area (Å²) in [5.41, 5.74) is 8.35. The second-order valence-electron chi connectivity index (χ2n) is 8.10. The van der Waals surface area contributed by atoms with Crippen molar-refractivity contribution in [3.63, 3.8) is 0 Å². The maximum absolute atomic E-state index is 14.5. The van der Waals surface area contributed by atoms with E-state index in [1.165, 1.54) is 6.07 Å². The first-order valence-electron chi connectivity index (χ1n) is 10.6. The van der Waals surface area contributed by atoms with Crippen molar-refractivity contribution in [2.24, 2.45) is 15.7 Å². The van der Waals surface area contributed by atoms with Gasteiger partial charge in [0.05, 0.1) is 5.69 Å². The molecule has 0 spiro atoms. The molecule has 1 fully saturated rings. The molecular weight excluding hydrogens is 413 g/mol. The number of piperazine rings is 1. The number of benzene rings is 1.